The van der Waals surface area contributed by atoms with Gasteiger partial charge in [-0.3, -0.25) is 9.59 Å². The van der Waals surface area contributed by atoms with Gasteiger partial charge in [0, 0.05) is 6.04 Å². The first-order chi connectivity index (χ1) is 14.0. The molecule has 0 bridgehead atoms. The molecule has 2 amide bonds. The molecule has 0 radical (unpaired) electrons. The second kappa shape index (κ2) is 9.59. The van der Waals surface area contributed by atoms with E-state index in [1.165, 1.54) is 17.5 Å². The molecule has 0 fully saturated rings. The Morgan fingerprint density at radius 1 is 1.03 bits per heavy atom. The van der Waals surface area contributed by atoms with E-state index in [2.05, 4.69) is 16.7 Å². The third kappa shape index (κ3) is 5.17. The van der Waals surface area contributed by atoms with Crippen LogP contribution in [-0.2, 0) is 17.6 Å². The molecule has 0 aromatic heterocycles. The Morgan fingerprint density at radius 3 is 2.59 bits per heavy atom. The average Bonchev–Trinajstić information content (AvgIpc) is 2.74. The lowest BCUT2D eigenvalue weighted by Crippen LogP contribution is -2.34. The molecule has 154 valence electrons. The lowest BCUT2D eigenvalue weighted by molar-refractivity contribution is -0.122. The van der Waals surface area contributed by atoms with Crippen molar-refractivity contribution in [1.29, 1.82) is 0 Å². The van der Waals surface area contributed by atoms with Crippen LogP contribution in [0, 0.1) is 0 Å². The quantitative estimate of drug-likeness (QED) is 0.727. The van der Waals surface area contributed by atoms with Gasteiger partial charge in [-0.2, -0.15) is 0 Å². The van der Waals surface area contributed by atoms with E-state index in [1.54, 1.807) is 31.2 Å². The molecule has 0 saturated carbocycles. The molecule has 2 aromatic rings. The topological polar surface area (TPSA) is 67.4 Å². The molecule has 0 saturated heterocycles. The number of hydrogen-bond acceptors (Lipinski definition) is 3. The van der Waals surface area contributed by atoms with Gasteiger partial charge in [0.1, 0.15) is 5.75 Å². The molecule has 3 rings (SSSR count). The number of nitrogens with one attached hydrogen (secondary N) is 2. The van der Waals surface area contributed by atoms with E-state index in [4.69, 9.17) is 4.74 Å². The summed E-state index contributed by atoms with van der Waals surface area (Å²) in [5, 5.41) is 5.80. The minimum Gasteiger partial charge on any atom is -0.481 e. The Kier molecular flexibility index (Phi) is 6.91. The van der Waals surface area contributed by atoms with E-state index in [0.717, 1.165) is 31.4 Å². The zero-order valence-electron chi connectivity index (χ0n) is 17.5. The molecule has 0 heterocycles. The van der Waals surface area contributed by atoms with E-state index in [1.807, 2.05) is 26.0 Å². The molecule has 5 nitrogen and oxygen atoms in total. The summed E-state index contributed by atoms with van der Waals surface area (Å²) in [6, 6.07) is 13.2. The highest BCUT2D eigenvalue weighted by Crippen LogP contribution is 2.30. The van der Waals surface area contributed by atoms with E-state index in [0.29, 0.717) is 11.3 Å². The molecule has 2 N–H and O–H groups in total. The molecule has 0 aliphatic heterocycles. The average molecular weight is 395 g/mol. The van der Waals surface area contributed by atoms with Gasteiger partial charge in [0.05, 0.1) is 11.3 Å². The van der Waals surface area contributed by atoms with Crippen LogP contribution in [0.2, 0.25) is 0 Å². The van der Waals surface area contributed by atoms with Crippen molar-refractivity contribution in [3.8, 4) is 5.75 Å². The minimum absolute atomic E-state index is 0.0674. The minimum atomic E-state index is -0.672. The number of para-hydroxylation sites is 1. The predicted octanol–water partition coefficient (Wildman–Crippen LogP) is 4.50. The number of carbonyl (C=O) groups excluding carboxylic acids is 2. The highest BCUT2D eigenvalue weighted by molar-refractivity contribution is 6.04. The van der Waals surface area contributed by atoms with Gasteiger partial charge in [0.2, 0.25) is 0 Å². The standard InChI is InChI=1S/C24H30N2O3/c1-4-16(2)25-24(28)20-13-7-8-14-21(20)26-23(27)17(3)29-22-15-9-11-18-10-5-6-12-19(18)22/h7-9,11,13-17H,4-6,10,12H2,1-3H3,(H,25,28)(H,26,27)/t16-,17-/m1/s1. The summed E-state index contributed by atoms with van der Waals surface area (Å²) in [4.78, 5) is 25.3. The fraction of sp³-hybridized carbons (Fsp3) is 0.417. The van der Waals surface area contributed by atoms with Crippen LogP contribution in [0.25, 0.3) is 0 Å². The van der Waals surface area contributed by atoms with Gasteiger partial charge in [-0.05, 0) is 75.3 Å². The van der Waals surface area contributed by atoms with Gasteiger partial charge in [-0.1, -0.05) is 31.2 Å². The van der Waals surface area contributed by atoms with Crippen LogP contribution >= 0.6 is 0 Å². The smallest absolute Gasteiger partial charge is 0.265 e. The predicted molar refractivity (Wildman–Crippen MR) is 115 cm³/mol. The Morgan fingerprint density at radius 2 is 1.79 bits per heavy atom. The highest BCUT2D eigenvalue weighted by Gasteiger charge is 2.21. The van der Waals surface area contributed by atoms with Crippen LogP contribution in [0.15, 0.2) is 42.5 Å². The van der Waals surface area contributed by atoms with E-state index in [-0.39, 0.29) is 17.9 Å². The van der Waals surface area contributed by atoms with Crippen molar-refractivity contribution in [1.82, 2.24) is 5.32 Å². The molecule has 0 unspecified atom stereocenters. The van der Waals surface area contributed by atoms with Gasteiger partial charge < -0.3 is 15.4 Å². The van der Waals surface area contributed by atoms with Crippen LogP contribution < -0.4 is 15.4 Å². The van der Waals surface area contributed by atoms with E-state index < -0.39 is 6.10 Å². The first-order valence-electron chi connectivity index (χ1n) is 10.5. The lowest BCUT2D eigenvalue weighted by atomic mass is 9.91. The highest BCUT2D eigenvalue weighted by atomic mass is 16.5. The molecule has 5 heteroatoms. The Bertz CT molecular complexity index is 878. The van der Waals surface area contributed by atoms with Crippen LogP contribution in [0.4, 0.5) is 5.69 Å². The third-order valence-electron chi connectivity index (χ3n) is 5.45. The van der Waals surface area contributed by atoms with Crippen molar-refractivity contribution in [3.63, 3.8) is 0 Å². The Hall–Kier alpha value is -2.82. The molecule has 1 aliphatic rings. The lowest BCUT2D eigenvalue weighted by Gasteiger charge is -2.22. The maximum Gasteiger partial charge on any atom is 0.265 e. The van der Waals surface area contributed by atoms with Crippen molar-refractivity contribution in [2.75, 3.05) is 5.32 Å². The number of aryl methyl sites for hydroxylation is 1. The summed E-state index contributed by atoms with van der Waals surface area (Å²) in [5.74, 6) is 0.316. The van der Waals surface area contributed by atoms with Crippen LogP contribution in [0.1, 0.15) is 61.5 Å². The third-order valence-corrected chi connectivity index (χ3v) is 5.45. The summed E-state index contributed by atoms with van der Waals surface area (Å²) in [7, 11) is 0. The molecular formula is C24H30N2O3. The van der Waals surface area contributed by atoms with E-state index in [9.17, 15) is 9.59 Å². The van der Waals surface area contributed by atoms with Gasteiger partial charge >= 0.3 is 0 Å². The van der Waals surface area contributed by atoms with E-state index >= 15 is 0 Å². The van der Waals surface area contributed by atoms with Crippen molar-refractivity contribution in [3.05, 3.63) is 59.2 Å². The zero-order valence-corrected chi connectivity index (χ0v) is 17.5. The van der Waals surface area contributed by atoms with Crippen LogP contribution in [-0.4, -0.2) is 24.0 Å². The maximum atomic E-state index is 12.8. The summed E-state index contributed by atoms with van der Waals surface area (Å²) in [6.07, 6.45) is 4.56. The Labute approximate surface area is 172 Å². The van der Waals surface area contributed by atoms with Crippen molar-refractivity contribution < 1.29 is 14.3 Å². The number of ether oxygens (including phenoxy) is 1. The molecule has 2 atom stereocenters. The SMILES string of the molecule is CC[C@@H](C)NC(=O)c1ccccc1NC(=O)[C@@H](C)Oc1cccc2c1CCCC2. The van der Waals surface area contributed by atoms with Gasteiger partial charge in [0.15, 0.2) is 6.10 Å². The second-order valence-electron chi connectivity index (χ2n) is 7.68. The molecule has 29 heavy (non-hydrogen) atoms. The Balaban J connectivity index is 1.70. The fourth-order valence-corrected chi connectivity index (χ4v) is 3.53. The van der Waals surface area contributed by atoms with Crippen molar-refractivity contribution >= 4 is 17.5 Å². The summed E-state index contributed by atoms with van der Waals surface area (Å²) >= 11 is 0. The van der Waals surface area contributed by atoms with Gasteiger partial charge in [-0.25, -0.2) is 0 Å². The molecule has 2 aromatic carbocycles. The first-order valence-corrected chi connectivity index (χ1v) is 10.5. The largest absolute Gasteiger partial charge is 0.481 e. The van der Waals surface area contributed by atoms with Gasteiger partial charge in [-0.15, -0.1) is 0 Å². The number of hydrogen-bond donors (Lipinski definition) is 2. The molecule has 1 aliphatic carbocycles. The maximum absolute atomic E-state index is 12.8. The molecular weight excluding hydrogens is 364 g/mol. The summed E-state index contributed by atoms with van der Waals surface area (Å²) in [6.45, 7) is 5.70. The first kappa shape index (κ1) is 20.9. The summed E-state index contributed by atoms with van der Waals surface area (Å²) in [5.41, 5.74) is 3.47. The monoisotopic (exact) mass is 394 g/mol. The number of benzene rings is 2. The fourth-order valence-electron chi connectivity index (χ4n) is 3.53. The van der Waals surface area contributed by atoms with Crippen molar-refractivity contribution in [2.45, 2.75) is 65.0 Å². The van der Waals surface area contributed by atoms with Crippen LogP contribution in [0.3, 0.4) is 0 Å². The number of fused-ring (bicyclic) bond motifs is 1. The van der Waals surface area contributed by atoms with Crippen LogP contribution in [0.5, 0.6) is 5.75 Å². The zero-order chi connectivity index (χ0) is 20.8. The number of carbonyl (C=O) groups is 2. The van der Waals surface area contributed by atoms with Gasteiger partial charge in [0.25, 0.3) is 11.8 Å². The number of rotatable bonds is 7. The second-order valence-corrected chi connectivity index (χ2v) is 7.68. The normalized spacial score (nSPS) is 15.0. The number of amides is 2. The summed E-state index contributed by atoms with van der Waals surface area (Å²) < 4.78 is 6.02. The number of anilines is 1. The van der Waals surface area contributed by atoms with Crippen molar-refractivity contribution in [2.24, 2.45) is 0 Å². The molecule has 0 spiro atoms.